The summed E-state index contributed by atoms with van der Waals surface area (Å²) in [5, 5.41) is 2.62. The number of benzene rings is 1. The molecule has 0 bridgehead atoms. The number of carbonyl (C=O) groups excluding carboxylic acids is 1. The van der Waals surface area contributed by atoms with Gasteiger partial charge in [-0.1, -0.05) is 19.9 Å². The van der Waals surface area contributed by atoms with Crippen LogP contribution in [0.3, 0.4) is 0 Å². The van der Waals surface area contributed by atoms with Crippen molar-refractivity contribution in [3.63, 3.8) is 0 Å². The molecule has 4 aromatic rings. The second-order valence-corrected chi connectivity index (χ2v) is 14.2. The summed E-state index contributed by atoms with van der Waals surface area (Å²) < 4.78 is 56.0. The summed E-state index contributed by atoms with van der Waals surface area (Å²) in [6.45, 7) is 9.61. The molecule has 3 aromatic heterocycles. The number of thiazole rings is 1. The maximum Gasteiger partial charge on any atom is 0.406 e. The maximum absolute atomic E-state index is 14.5. The molecule has 1 saturated carbocycles. The molecule has 1 aromatic carbocycles. The van der Waals surface area contributed by atoms with Crippen LogP contribution in [-0.4, -0.2) is 77.5 Å². The zero-order valence-corrected chi connectivity index (χ0v) is 28.4. The molecule has 0 radical (unpaired) electrons. The van der Waals surface area contributed by atoms with Crippen molar-refractivity contribution in [2.75, 3.05) is 44.8 Å². The van der Waals surface area contributed by atoms with Gasteiger partial charge < -0.3 is 18.9 Å². The summed E-state index contributed by atoms with van der Waals surface area (Å²) in [4.78, 5) is 25.9. The summed E-state index contributed by atoms with van der Waals surface area (Å²) in [6, 6.07) is 8.20. The first-order valence-electron chi connectivity index (χ1n) is 16.1. The predicted molar refractivity (Wildman–Crippen MR) is 179 cm³/mol. The number of pyridine rings is 1. The predicted octanol–water partition coefficient (Wildman–Crippen LogP) is 7.51. The molecule has 4 heterocycles. The van der Waals surface area contributed by atoms with Gasteiger partial charge in [0.15, 0.2) is 0 Å². The first-order chi connectivity index (χ1) is 22.3. The fraction of sp³-hybridized carbons (Fsp3) is 0.514. The van der Waals surface area contributed by atoms with Crippen molar-refractivity contribution in [2.24, 2.45) is 5.41 Å². The number of fused-ring (bicyclic) bond motifs is 1. The number of aromatic nitrogens is 3. The van der Waals surface area contributed by atoms with Crippen molar-refractivity contribution in [3.8, 4) is 22.5 Å². The second kappa shape index (κ2) is 13.2. The Morgan fingerprint density at radius 3 is 2.47 bits per heavy atom. The van der Waals surface area contributed by atoms with Crippen molar-refractivity contribution in [3.05, 3.63) is 52.6 Å². The molecule has 252 valence electrons. The van der Waals surface area contributed by atoms with E-state index in [0.29, 0.717) is 40.3 Å². The van der Waals surface area contributed by atoms with E-state index in [0.717, 1.165) is 48.7 Å². The Hall–Kier alpha value is -3.48. The zero-order chi connectivity index (χ0) is 33.5. The number of hydrogen-bond donors (Lipinski definition) is 0. The lowest BCUT2D eigenvalue weighted by atomic mass is 9.84. The lowest BCUT2D eigenvalue weighted by molar-refractivity contribution is -0.144. The molecule has 6 rings (SSSR count). The number of hydrogen-bond acceptors (Lipinski definition) is 8. The van der Waals surface area contributed by atoms with Gasteiger partial charge >= 0.3 is 12.1 Å². The van der Waals surface area contributed by atoms with E-state index in [-0.39, 0.29) is 6.61 Å². The molecular formula is C35H42F3N5O3S. The van der Waals surface area contributed by atoms with Gasteiger partial charge in [-0.15, -0.1) is 11.3 Å². The molecule has 2 aliphatic rings. The molecule has 1 atom stereocenters. The number of esters is 1. The molecule has 0 unspecified atom stereocenters. The molecule has 12 heteroatoms. The number of carbonyl (C=O) groups is 1. The van der Waals surface area contributed by atoms with E-state index in [4.69, 9.17) is 14.5 Å². The maximum atomic E-state index is 14.5. The molecule has 1 aliphatic heterocycles. The lowest BCUT2D eigenvalue weighted by Crippen LogP contribution is -2.47. The van der Waals surface area contributed by atoms with Crippen LogP contribution in [0.4, 0.5) is 18.9 Å². The van der Waals surface area contributed by atoms with Gasteiger partial charge in [-0.05, 0) is 49.9 Å². The Labute approximate surface area is 277 Å². The van der Waals surface area contributed by atoms with Gasteiger partial charge in [0, 0.05) is 79.1 Å². The summed E-state index contributed by atoms with van der Waals surface area (Å²) >= 11 is 1.46. The number of piperazine rings is 1. The van der Waals surface area contributed by atoms with E-state index in [1.807, 2.05) is 50.5 Å². The normalized spacial score (nSPS) is 17.0. The highest BCUT2D eigenvalue weighted by Crippen LogP contribution is 2.44. The van der Waals surface area contributed by atoms with Gasteiger partial charge in [0.2, 0.25) is 0 Å². The fourth-order valence-electron chi connectivity index (χ4n) is 6.64. The van der Waals surface area contributed by atoms with Gasteiger partial charge in [0.05, 0.1) is 47.2 Å². The Bertz CT molecular complexity index is 1720. The van der Waals surface area contributed by atoms with Crippen LogP contribution in [0.15, 0.2) is 41.4 Å². The molecule has 8 nitrogen and oxygen atoms in total. The van der Waals surface area contributed by atoms with Gasteiger partial charge in [0.25, 0.3) is 0 Å². The first-order valence-corrected chi connectivity index (χ1v) is 17.0. The largest absolute Gasteiger partial charge is 0.465 e. The fourth-order valence-corrected chi connectivity index (χ4v) is 7.20. The smallest absolute Gasteiger partial charge is 0.406 e. The third-order valence-electron chi connectivity index (χ3n) is 9.20. The minimum Gasteiger partial charge on any atom is -0.465 e. The standard InChI is InChI=1S/C35H42F3N5O3S/c1-22(45-5)32-28(15-26(17-39-32)42-12-10-41(11-13-42)25-7-8-25)33-29(16-34(3,4)20-46-23(2)44)27-14-24(30-18-47-21-40-30)6-9-31(27)43(33)19-35(36,37)38/h6,9,14-15,17-18,21-22,25H,7-8,10-13,16,19-20H2,1-5H3/t22-/m0/s1. The molecule has 1 aliphatic carbocycles. The minimum absolute atomic E-state index is 0.115. The summed E-state index contributed by atoms with van der Waals surface area (Å²) in [5.74, 6) is -0.404. The highest BCUT2D eigenvalue weighted by atomic mass is 32.1. The lowest BCUT2D eigenvalue weighted by Gasteiger charge is -2.36. The first kappa shape index (κ1) is 33.4. The van der Waals surface area contributed by atoms with E-state index in [2.05, 4.69) is 14.8 Å². The highest BCUT2D eigenvalue weighted by Gasteiger charge is 2.36. The van der Waals surface area contributed by atoms with E-state index in [9.17, 15) is 18.0 Å². The summed E-state index contributed by atoms with van der Waals surface area (Å²) in [6.07, 6.45) is -0.295. The Balaban J connectivity index is 1.57. The number of methoxy groups -OCH3 is 1. The van der Waals surface area contributed by atoms with Gasteiger partial charge in [0.1, 0.15) is 6.54 Å². The van der Waals surface area contributed by atoms with Crippen LogP contribution in [0.1, 0.15) is 57.9 Å². The summed E-state index contributed by atoms with van der Waals surface area (Å²) in [5.41, 5.74) is 6.43. The third-order valence-corrected chi connectivity index (χ3v) is 9.78. The van der Waals surface area contributed by atoms with Crippen molar-refractivity contribution in [2.45, 2.75) is 71.8 Å². The molecule has 0 spiro atoms. The number of rotatable bonds is 11. The van der Waals surface area contributed by atoms with Crippen molar-refractivity contribution in [1.82, 2.24) is 19.4 Å². The monoisotopic (exact) mass is 669 g/mol. The second-order valence-electron chi connectivity index (χ2n) is 13.5. The van der Waals surface area contributed by atoms with Crippen molar-refractivity contribution >= 4 is 33.9 Å². The van der Waals surface area contributed by atoms with Crippen molar-refractivity contribution < 1.29 is 27.4 Å². The zero-order valence-electron chi connectivity index (χ0n) is 27.6. The molecule has 47 heavy (non-hydrogen) atoms. The quantitative estimate of drug-likeness (QED) is 0.153. The van der Waals surface area contributed by atoms with Crippen molar-refractivity contribution in [1.29, 1.82) is 0 Å². The van der Waals surface area contributed by atoms with E-state index in [1.165, 1.54) is 35.7 Å². The average molecular weight is 670 g/mol. The van der Waals surface area contributed by atoms with E-state index >= 15 is 0 Å². The van der Waals surface area contributed by atoms with E-state index < -0.39 is 30.2 Å². The molecule has 1 saturated heterocycles. The van der Waals surface area contributed by atoms with E-state index in [1.54, 1.807) is 18.7 Å². The molecule has 0 N–H and O–H groups in total. The number of ether oxygens (including phenoxy) is 2. The highest BCUT2D eigenvalue weighted by molar-refractivity contribution is 7.07. The van der Waals surface area contributed by atoms with Gasteiger partial charge in [-0.25, -0.2) is 4.98 Å². The topological polar surface area (TPSA) is 72.7 Å². The average Bonchev–Trinajstić information content (AvgIpc) is 3.67. The van der Waals surface area contributed by atoms with Crippen LogP contribution in [0.2, 0.25) is 0 Å². The Morgan fingerprint density at radius 2 is 1.85 bits per heavy atom. The van der Waals surface area contributed by atoms with Crippen LogP contribution >= 0.6 is 11.3 Å². The van der Waals surface area contributed by atoms with Crippen LogP contribution in [0, 0.1) is 5.41 Å². The number of halogens is 3. The van der Waals surface area contributed by atoms with Crippen LogP contribution in [0.5, 0.6) is 0 Å². The SMILES string of the molecule is CO[C@@H](C)c1ncc(N2CCN(C3CC3)CC2)cc1-c1c(CC(C)(C)COC(C)=O)c2cc(-c3cscn3)ccc2n1CC(F)(F)F. The minimum atomic E-state index is -4.49. The molecular weight excluding hydrogens is 627 g/mol. The van der Waals surface area contributed by atoms with Crippen LogP contribution in [-0.2, 0) is 27.2 Å². The molecule has 2 fully saturated rings. The number of nitrogens with zero attached hydrogens (tertiary/aromatic N) is 5. The van der Waals surface area contributed by atoms with Gasteiger partial charge in [-0.2, -0.15) is 13.2 Å². The van der Waals surface area contributed by atoms with Crippen LogP contribution in [0.25, 0.3) is 33.4 Å². The van der Waals surface area contributed by atoms with Gasteiger partial charge in [-0.3, -0.25) is 14.7 Å². The Kier molecular flexibility index (Phi) is 9.39. The number of alkyl halides is 3. The molecule has 0 amide bonds. The third kappa shape index (κ3) is 7.49. The van der Waals surface area contributed by atoms with Crippen LogP contribution < -0.4 is 4.90 Å². The Morgan fingerprint density at radius 1 is 1.11 bits per heavy atom. The number of anilines is 1. The summed E-state index contributed by atoms with van der Waals surface area (Å²) in [7, 11) is 1.58.